The Labute approximate surface area is 222 Å². The first-order valence-corrected chi connectivity index (χ1v) is 13.5. The van der Waals surface area contributed by atoms with Crippen molar-refractivity contribution in [3.05, 3.63) is 64.6 Å². The number of thiocarbonyl (C=S) groups is 1. The number of aryl methyl sites for hydroxylation is 1. The third-order valence-corrected chi connectivity index (χ3v) is 7.49. The van der Waals surface area contributed by atoms with E-state index < -0.39 is 0 Å². The summed E-state index contributed by atoms with van der Waals surface area (Å²) in [7, 11) is 0. The zero-order valence-electron chi connectivity index (χ0n) is 19.5. The van der Waals surface area contributed by atoms with Crippen LogP contribution in [-0.4, -0.2) is 44.2 Å². The Hall–Kier alpha value is -3.15. The number of carbonyl (C=O) groups excluding carboxylic acids is 3. The number of oxazole rings is 1. The molecule has 3 aromatic rings. The first kappa shape index (κ1) is 25.9. The van der Waals surface area contributed by atoms with Gasteiger partial charge in [0.1, 0.15) is 9.84 Å². The maximum atomic E-state index is 12.8. The average molecular weight is 541 g/mol. The van der Waals surface area contributed by atoms with Crippen LogP contribution in [0.5, 0.6) is 0 Å². The first-order valence-electron chi connectivity index (χ1n) is 11.3. The summed E-state index contributed by atoms with van der Waals surface area (Å²) >= 11 is 7.76. The van der Waals surface area contributed by atoms with E-state index in [1.165, 1.54) is 22.2 Å². The molecule has 0 radical (unpaired) electrons. The highest BCUT2D eigenvalue weighted by molar-refractivity contribution is 8.26. The molecule has 0 aliphatic carbocycles. The maximum Gasteiger partial charge on any atom is 0.266 e. The van der Waals surface area contributed by atoms with Gasteiger partial charge >= 0.3 is 0 Å². The summed E-state index contributed by atoms with van der Waals surface area (Å²) in [6.07, 6.45) is 3.33. The van der Waals surface area contributed by atoms with Crippen LogP contribution in [0, 0.1) is 0 Å². The topological polar surface area (TPSA) is 105 Å². The molecule has 2 N–H and O–H groups in total. The number of benzene rings is 2. The van der Waals surface area contributed by atoms with Crippen LogP contribution in [0.3, 0.4) is 0 Å². The van der Waals surface area contributed by atoms with Gasteiger partial charge in [-0.25, -0.2) is 4.98 Å². The smallest absolute Gasteiger partial charge is 0.266 e. The molecule has 0 saturated carbocycles. The second-order valence-corrected chi connectivity index (χ2v) is 10.5. The quantitative estimate of drug-likeness (QED) is 0.179. The number of nitrogens with one attached hydrogen (secondary N) is 2. The lowest BCUT2D eigenvalue weighted by molar-refractivity contribution is -0.128. The van der Waals surface area contributed by atoms with E-state index in [2.05, 4.69) is 22.8 Å². The van der Waals surface area contributed by atoms with E-state index in [0.717, 1.165) is 29.3 Å². The van der Waals surface area contributed by atoms with Gasteiger partial charge in [-0.2, -0.15) is 0 Å². The number of rotatable bonds is 9. The summed E-state index contributed by atoms with van der Waals surface area (Å²) in [5, 5.41) is 0.383. The Morgan fingerprint density at radius 1 is 1.14 bits per heavy atom. The SMILES string of the molecule is CCc1ccc(/C=C2/SC(=S)N(CCCC(=O)NNC(=O)CSc3nc4ccccc4o3)C2=O)cc1. The minimum absolute atomic E-state index is 0.0388. The van der Waals surface area contributed by atoms with Crippen molar-refractivity contribution >= 4 is 75.0 Å². The maximum absolute atomic E-state index is 12.8. The molecular weight excluding hydrogens is 517 g/mol. The molecule has 0 spiro atoms. The molecule has 0 unspecified atom stereocenters. The Morgan fingerprint density at radius 2 is 1.89 bits per heavy atom. The van der Waals surface area contributed by atoms with E-state index >= 15 is 0 Å². The average Bonchev–Trinajstić information content (AvgIpc) is 3.42. The van der Waals surface area contributed by atoms with Crippen LogP contribution >= 0.6 is 35.7 Å². The predicted molar refractivity (Wildman–Crippen MR) is 146 cm³/mol. The van der Waals surface area contributed by atoms with Crippen molar-refractivity contribution in [3.63, 3.8) is 0 Å². The highest BCUT2D eigenvalue weighted by Gasteiger charge is 2.31. The van der Waals surface area contributed by atoms with Crippen LogP contribution < -0.4 is 10.9 Å². The van der Waals surface area contributed by atoms with Crippen molar-refractivity contribution in [1.82, 2.24) is 20.7 Å². The molecule has 1 aromatic heterocycles. The summed E-state index contributed by atoms with van der Waals surface area (Å²) in [6.45, 7) is 2.42. The summed E-state index contributed by atoms with van der Waals surface area (Å²) in [5.74, 6) is -0.858. The Kier molecular flexibility index (Phi) is 8.79. The molecule has 8 nitrogen and oxygen atoms in total. The zero-order chi connectivity index (χ0) is 25.5. The molecule has 2 aromatic carbocycles. The van der Waals surface area contributed by atoms with E-state index in [-0.39, 0.29) is 29.9 Å². The van der Waals surface area contributed by atoms with E-state index in [4.69, 9.17) is 16.6 Å². The van der Waals surface area contributed by atoms with Gasteiger partial charge in [-0.1, -0.05) is 79.1 Å². The van der Waals surface area contributed by atoms with Crippen LogP contribution in [0.1, 0.15) is 30.9 Å². The number of aromatic nitrogens is 1. The summed E-state index contributed by atoms with van der Waals surface area (Å²) < 4.78 is 6.02. The highest BCUT2D eigenvalue weighted by Crippen LogP contribution is 2.32. The number of nitrogens with zero attached hydrogens (tertiary/aromatic N) is 2. The van der Waals surface area contributed by atoms with Crippen LogP contribution in [-0.2, 0) is 20.8 Å². The van der Waals surface area contributed by atoms with Crippen LogP contribution in [0.2, 0.25) is 0 Å². The van der Waals surface area contributed by atoms with Gasteiger partial charge in [0.05, 0.1) is 10.7 Å². The van der Waals surface area contributed by atoms with Gasteiger partial charge in [0.15, 0.2) is 5.58 Å². The molecule has 3 amide bonds. The first-order chi connectivity index (χ1) is 17.4. The van der Waals surface area contributed by atoms with Gasteiger partial charge in [-0.15, -0.1) is 0 Å². The van der Waals surface area contributed by atoms with Crippen molar-refractivity contribution in [2.24, 2.45) is 0 Å². The Morgan fingerprint density at radius 3 is 2.64 bits per heavy atom. The fraction of sp³-hybridized carbons (Fsp3) is 0.240. The number of para-hydroxylation sites is 2. The van der Waals surface area contributed by atoms with E-state index in [1.54, 1.807) is 6.07 Å². The molecule has 0 bridgehead atoms. The fourth-order valence-corrected chi connectivity index (χ4v) is 5.32. The molecule has 36 heavy (non-hydrogen) atoms. The minimum atomic E-state index is -0.385. The lowest BCUT2D eigenvalue weighted by Crippen LogP contribution is -2.42. The summed E-state index contributed by atoms with van der Waals surface area (Å²) in [4.78, 5) is 43.3. The van der Waals surface area contributed by atoms with Gasteiger partial charge in [0, 0.05) is 13.0 Å². The van der Waals surface area contributed by atoms with E-state index in [1.807, 2.05) is 48.5 Å². The zero-order valence-corrected chi connectivity index (χ0v) is 21.9. The predicted octanol–water partition coefficient (Wildman–Crippen LogP) is 4.31. The fourth-order valence-electron chi connectivity index (χ4n) is 3.37. The van der Waals surface area contributed by atoms with Crippen LogP contribution in [0.4, 0.5) is 0 Å². The third-order valence-electron chi connectivity index (χ3n) is 5.29. The summed E-state index contributed by atoms with van der Waals surface area (Å²) in [5.41, 5.74) is 8.31. The number of amides is 3. The second-order valence-electron chi connectivity index (χ2n) is 7.86. The molecule has 1 saturated heterocycles. The highest BCUT2D eigenvalue weighted by atomic mass is 32.2. The van der Waals surface area contributed by atoms with Crippen molar-refractivity contribution in [3.8, 4) is 0 Å². The molecule has 1 fully saturated rings. The molecule has 2 heterocycles. The molecule has 1 aliphatic rings. The van der Waals surface area contributed by atoms with E-state index in [9.17, 15) is 14.4 Å². The van der Waals surface area contributed by atoms with Crippen molar-refractivity contribution < 1.29 is 18.8 Å². The molecule has 1 aliphatic heterocycles. The van der Waals surface area contributed by atoms with Gasteiger partial charge in [-0.3, -0.25) is 30.1 Å². The van der Waals surface area contributed by atoms with Gasteiger partial charge in [-0.05, 0) is 42.2 Å². The number of carbonyl (C=O) groups is 3. The molecule has 0 atom stereocenters. The molecule has 186 valence electrons. The van der Waals surface area contributed by atoms with E-state index in [0.29, 0.717) is 33.0 Å². The molecular formula is C25H24N4O4S3. The molecule has 11 heteroatoms. The third kappa shape index (κ3) is 6.74. The number of hydrogen-bond acceptors (Lipinski definition) is 8. The Balaban J connectivity index is 1.17. The number of thioether (sulfide) groups is 2. The van der Waals surface area contributed by atoms with Crippen molar-refractivity contribution in [1.29, 1.82) is 0 Å². The van der Waals surface area contributed by atoms with Crippen LogP contribution in [0.25, 0.3) is 17.2 Å². The van der Waals surface area contributed by atoms with Crippen LogP contribution in [0.15, 0.2) is 63.1 Å². The van der Waals surface area contributed by atoms with Gasteiger partial charge in [0.2, 0.25) is 11.8 Å². The summed E-state index contributed by atoms with van der Waals surface area (Å²) in [6, 6.07) is 15.4. The molecule has 4 rings (SSSR count). The lowest BCUT2D eigenvalue weighted by Gasteiger charge is -2.14. The number of hydrazine groups is 1. The Bertz CT molecular complexity index is 1290. The normalized spacial score (nSPS) is 14.6. The van der Waals surface area contributed by atoms with Gasteiger partial charge < -0.3 is 4.42 Å². The monoisotopic (exact) mass is 540 g/mol. The number of fused-ring (bicyclic) bond motifs is 1. The van der Waals surface area contributed by atoms with Gasteiger partial charge in [0.25, 0.3) is 11.1 Å². The van der Waals surface area contributed by atoms with Crippen molar-refractivity contribution in [2.75, 3.05) is 12.3 Å². The minimum Gasteiger partial charge on any atom is -0.431 e. The largest absolute Gasteiger partial charge is 0.431 e. The number of hydrogen-bond donors (Lipinski definition) is 2. The second kappa shape index (κ2) is 12.2. The standard InChI is InChI=1S/C25H24N4O4S3/c1-2-16-9-11-17(12-10-16)14-20-23(32)29(25(34)36-20)13-5-8-21(30)27-28-22(31)15-35-24-26-18-6-3-4-7-19(18)33-24/h3-4,6-7,9-12,14H,2,5,8,13,15H2,1H3,(H,27,30)(H,28,31)/b20-14+. The lowest BCUT2D eigenvalue weighted by atomic mass is 10.1. The van der Waals surface area contributed by atoms with Crippen molar-refractivity contribution in [2.45, 2.75) is 31.4 Å².